The largest absolute Gasteiger partial charge is 0.460 e. The monoisotopic (exact) mass is 451 g/mol. The molecule has 0 aromatic carbocycles. The number of allylic oxidation sites excluding steroid dienone is 2. The van der Waals surface area contributed by atoms with Crippen LogP contribution in [0, 0.1) is 10.8 Å². The van der Waals surface area contributed by atoms with Gasteiger partial charge in [-0.05, 0) is 64.3 Å². The maximum atomic E-state index is 12.5. The molecule has 0 amide bonds. The van der Waals surface area contributed by atoms with Crippen molar-refractivity contribution in [1.82, 2.24) is 4.90 Å². The van der Waals surface area contributed by atoms with Crippen molar-refractivity contribution in [3.63, 3.8) is 0 Å². The molecule has 0 fully saturated rings. The molecule has 0 spiro atoms. The van der Waals surface area contributed by atoms with Gasteiger partial charge in [0.05, 0.1) is 12.8 Å². The average Bonchev–Trinajstić information content (AvgIpc) is 2.61. The van der Waals surface area contributed by atoms with Crippen molar-refractivity contribution < 1.29 is 19.1 Å². The Balaban J connectivity index is 4.67. The molecule has 0 N–H and O–H groups in total. The van der Waals surface area contributed by atoms with Crippen LogP contribution in [0.2, 0.25) is 0 Å². The minimum atomic E-state index is -0.557. The summed E-state index contributed by atoms with van der Waals surface area (Å²) in [6.45, 7) is 27.8. The van der Waals surface area contributed by atoms with Crippen LogP contribution in [0.3, 0.4) is 0 Å². The number of nitrogens with zero attached hydrogens (tertiary/aromatic N) is 1. The summed E-state index contributed by atoms with van der Waals surface area (Å²) in [5.41, 5.74) is -1.32. The summed E-state index contributed by atoms with van der Waals surface area (Å²) >= 11 is 0. The van der Waals surface area contributed by atoms with Crippen molar-refractivity contribution in [2.75, 3.05) is 19.6 Å². The van der Waals surface area contributed by atoms with Gasteiger partial charge in [-0.25, -0.2) is 0 Å². The van der Waals surface area contributed by atoms with Gasteiger partial charge in [-0.1, -0.05) is 46.8 Å². The summed E-state index contributed by atoms with van der Waals surface area (Å²) in [6.07, 6.45) is 6.74. The van der Waals surface area contributed by atoms with Gasteiger partial charge < -0.3 is 14.4 Å². The lowest BCUT2D eigenvalue weighted by Crippen LogP contribution is -2.36. The first kappa shape index (κ1) is 30.4. The van der Waals surface area contributed by atoms with Crippen molar-refractivity contribution >= 4 is 11.9 Å². The Labute approximate surface area is 197 Å². The third-order valence-corrected chi connectivity index (χ3v) is 5.45. The Morgan fingerprint density at radius 3 is 1.34 bits per heavy atom. The summed E-state index contributed by atoms with van der Waals surface area (Å²) < 4.78 is 11.5. The number of esters is 2. The van der Waals surface area contributed by atoms with Crippen LogP contribution >= 0.6 is 0 Å². The minimum Gasteiger partial charge on any atom is -0.460 e. The van der Waals surface area contributed by atoms with Gasteiger partial charge in [0, 0.05) is 13.1 Å². The summed E-state index contributed by atoms with van der Waals surface area (Å²) in [4.78, 5) is 27.0. The Hall–Kier alpha value is -1.62. The number of ether oxygens (including phenoxy) is 2. The molecule has 0 aliphatic rings. The average molecular weight is 452 g/mol. The Kier molecular flexibility index (Phi) is 11.9. The van der Waals surface area contributed by atoms with E-state index in [0.29, 0.717) is 38.8 Å². The zero-order valence-corrected chi connectivity index (χ0v) is 22.3. The summed E-state index contributed by atoms with van der Waals surface area (Å²) in [6, 6.07) is 0. The van der Waals surface area contributed by atoms with Crippen LogP contribution in [-0.2, 0) is 19.1 Å². The zero-order chi connectivity index (χ0) is 25.2. The van der Waals surface area contributed by atoms with Gasteiger partial charge in [0.15, 0.2) is 0 Å². The fraction of sp³-hybridized carbons (Fsp3) is 0.778. The lowest BCUT2D eigenvalue weighted by atomic mass is 9.82. The minimum absolute atomic E-state index is 0.104. The van der Waals surface area contributed by atoms with Crippen molar-refractivity contribution in [3.05, 3.63) is 25.3 Å². The Morgan fingerprint density at radius 1 is 0.719 bits per heavy atom. The topological polar surface area (TPSA) is 55.8 Å². The van der Waals surface area contributed by atoms with Crippen LogP contribution in [-0.4, -0.2) is 47.7 Å². The molecule has 32 heavy (non-hydrogen) atoms. The normalized spacial score (nSPS) is 13.1. The van der Waals surface area contributed by atoms with Crippen LogP contribution in [0.5, 0.6) is 0 Å². The third-order valence-electron chi connectivity index (χ3n) is 5.45. The summed E-state index contributed by atoms with van der Waals surface area (Å²) in [7, 11) is 0. The molecule has 0 heterocycles. The fourth-order valence-corrected chi connectivity index (χ4v) is 4.28. The number of hydrogen-bond acceptors (Lipinski definition) is 5. The van der Waals surface area contributed by atoms with Gasteiger partial charge in [-0.3, -0.25) is 9.59 Å². The van der Waals surface area contributed by atoms with Gasteiger partial charge in [0.2, 0.25) is 0 Å². The van der Waals surface area contributed by atoms with E-state index in [9.17, 15) is 9.59 Å². The van der Waals surface area contributed by atoms with Crippen molar-refractivity contribution in [2.24, 2.45) is 10.8 Å². The van der Waals surface area contributed by atoms with Gasteiger partial charge >= 0.3 is 11.9 Å². The van der Waals surface area contributed by atoms with Gasteiger partial charge in [-0.2, -0.15) is 0 Å². The van der Waals surface area contributed by atoms with Gasteiger partial charge in [-0.15, -0.1) is 13.2 Å². The second-order valence-electron chi connectivity index (χ2n) is 11.5. The number of rotatable bonds is 16. The molecule has 0 aromatic rings. The van der Waals surface area contributed by atoms with Crippen LogP contribution in [0.15, 0.2) is 25.3 Å². The molecule has 0 rings (SSSR count). The number of hydrogen-bond donors (Lipinski definition) is 0. The first-order valence-corrected chi connectivity index (χ1v) is 11.9. The zero-order valence-electron chi connectivity index (χ0n) is 22.3. The van der Waals surface area contributed by atoms with E-state index in [0.717, 1.165) is 13.0 Å². The van der Waals surface area contributed by atoms with Crippen molar-refractivity contribution in [1.29, 1.82) is 0 Å². The van der Waals surface area contributed by atoms with E-state index in [1.54, 1.807) is 0 Å². The Bertz CT molecular complexity index is 580. The predicted octanol–water partition coefficient (Wildman–Crippen LogP) is 6.33. The first-order valence-electron chi connectivity index (χ1n) is 11.9. The molecule has 186 valence electrons. The van der Waals surface area contributed by atoms with E-state index >= 15 is 0 Å². The highest BCUT2D eigenvalue weighted by Crippen LogP contribution is 2.32. The highest BCUT2D eigenvalue weighted by Gasteiger charge is 2.31. The van der Waals surface area contributed by atoms with E-state index in [4.69, 9.17) is 9.47 Å². The lowest BCUT2D eigenvalue weighted by molar-refractivity contribution is -0.159. The van der Waals surface area contributed by atoms with Crippen LogP contribution < -0.4 is 0 Å². The molecule has 0 atom stereocenters. The van der Waals surface area contributed by atoms with Gasteiger partial charge in [0.1, 0.15) is 11.2 Å². The van der Waals surface area contributed by atoms with Crippen LogP contribution in [0.1, 0.15) is 94.4 Å². The maximum Gasteiger partial charge on any atom is 0.307 e. The molecule has 0 aliphatic carbocycles. The smallest absolute Gasteiger partial charge is 0.307 e. The fourth-order valence-electron chi connectivity index (χ4n) is 4.28. The predicted molar refractivity (Wildman–Crippen MR) is 133 cm³/mol. The highest BCUT2D eigenvalue weighted by molar-refractivity contribution is 5.70. The molecule has 0 unspecified atom stereocenters. The molecule has 0 saturated heterocycles. The second-order valence-corrected chi connectivity index (χ2v) is 11.5. The molecular formula is C27H49NO4. The molecule has 5 nitrogen and oxygen atoms in total. The molecule has 0 aromatic heterocycles. The van der Waals surface area contributed by atoms with E-state index in [1.165, 1.54) is 0 Å². The molecule has 0 aliphatic heterocycles. The quantitative estimate of drug-likeness (QED) is 0.203. The maximum absolute atomic E-state index is 12.5. The van der Waals surface area contributed by atoms with Crippen molar-refractivity contribution in [2.45, 2.75) is 106 Å². The first-order chi connectivity index (χ1) is 14.5. The molecule has 0 saturated carbocycles. The van der Waals surface area contributed by atoms with Crippen LogP contribution in [0.4, 0.5) is 0 Å². The molecule has 0 bridgehead atoms. The van der Waals surface area contributed by atoms with Crippen LogP contribution in [0.25, 0.3) is 0 Å². The third kappa shape index (κ3) is 13.7. The van der Waals surface area contributed by atoms with Gasteiger partial charge in [0.25, 0.3) is 0 Å². The molecular weight excluding hydrogens is 402 g/mol. The second kappa shape index (κ2) is 12.6. The molecule has 5 heteroatoms. The number of carbonyl (C=O) groups is 2. The Morgan fingerprint density at radius 2 is 1.06 bits per heavy atom. The van der Waals surface area contributed by atoms with E-state index < -0.39 is 11.2 Å². The SMILES string of the molecule is C=CC(C)(C)CC(C)(C)OC(=O)CCN(CCC)CCC(=O)OC(C)(C)CC(C)(C)C=C. The van der Waals surface area contributed by atoms with Crippen molar-refractivity contribution in [3.8, 4) is 0 Å². The number of carbonyl (C=O) groups excluding carboxylic acids is 2. The summed E-state index contributed by atoms with van der Waals surface area (Å²) in [5, 5.41) is 0. The highest BCUT2D eigenvalue weighted by atomic mass is 16.6. The van der Waals surface area contributed by atoms with E-state index in [2.05, 4.69) is 52.7 Å². The lowest BCUT2D eigenvalue weighted by Gasteiger charge is -2.33. The standard InChI is InChI=1S/C27H49NO4/c1-12-17-28(18-15-22(29)31-26(8,9)20-24(4,5)13-2)19-16-23(30)32-27(10,11)21-25(6,7)14-3/h13-14H,2-3,12,15-21H2,1,4-11H3. The van der Waals surface area contributed by atoms with E-state index in [-0.39, 0.29) is 22.8 Å². The van der Waals surface area contributed by atoms with E-state index in [1.807, 2.05) is 39.8 Å². The summed E-state index contributed by atoms with van der Waals surface area (Å²) in [5.74, 6) is -0.433. The molecule has 0 radical (unpaired) electrons.